The number of amides is 1. The third-order valence-electron chi connectivity index (χ3n) is 2.87. The highest BCUT2D eigenvalue weighted by Gasteiger charge is 2.24. The molecule has 1 aromatic rings. The number of phenolic OH excluding ortho intramolecular Hbond substituents is 1. The van der Waals surface area contributed by atoms with Gasteiger partial charge in [-0.05, 0) is 53.6 Å². The molecule has 1 heterocycles. The summed E-state index contributed by atoms with van der Waals surface area (Å²) in [5, 5.41) is 19.2. The summed E-state index contributed by atoms with van der Waals surface area (Å²) in [6.07, 6.45) is 1.09. The minimum absolute atomic E-state index is 0.00419. The average molecular weight is 347 g/mol. The molecule has 0 unspecified atom stereocenters. The predicted molar refractivity (Wildman–Crippen MR) is 72.0 cm³/mol. The van der Waals surface area contributed by atoms with E-state index in [1.165, 1.54) is 6.07 Å². The minimum atomic E-state index is -0.447. The van der Waals surface area contributed by atoms with Gasteiger partial charge in [0.25, 0.3) is 5.91 Å². The topological polar surface area (TPSA) is 60.8 Å². The van der Waals surface area contributed by atoms with Gasteiger partial charge in [0.05, 0.1) is 11.7 Å². The monoisotopic (exact) mass is 347 g/mol. The van der Waals surface area contributed by atoms with Crippen LogP contribution in [0, 0.1) is 3.57 Å². The number of carbonyl (C=O) groups is 1. The molecule has 1 atom stereocenters. The summed E-state index contributed by atoms with van der Waals surface area (Å²) in [4.78, 5) is 13.8. The number of rotatable bonds is 1. The molecule has 1 aromatic carbocycles. The molecule has 2 N–H and O–H groups in total. The molecule has 1 fully saturated rings. The van der Waals surface area contributed by atoms with Crippen LogP contribution >= 0.6 is 22.6 Å². The quantitative estimate of drug-likeness (QED) is 0.759. The van der Waals surface area contributed by atoms with E-state index in [0.717, 1.165) is 16.4 Å². The van der Waals surface area contributed by atoms with Crippen molar-refractivity contribution in [3.8, 4) is 5.75 Å². The van der Waals surface area contributed by atoms with Crippen molar-refractivity contribution in [2.24, 2.45) is 0 Å². The summed E-state index contributed by atoms with van der Waals surface area (Å²) >= 11 is 2.10. The van der Waals surface area contributed by atoms with E-state index in [1.807, 2.05) is 0 Å². The Morgan fingerprint density at radius 3 is 2.94 bits per heavy atom. The second-order valence-electron chi connectivity index (χ2n) is 4.21. The molecule has 92 valence electrons. The molecule has 0 aromatic heterocycles. The molecular weight excluding hydrogens is 333 g/mol. The van der Waals surface area contributed by atoms with Gasteiger partial charge in [-0.25, -0.2) is 0 Å². The van der Waals surface area contributed by atoms with Crippen molar-refractivity contribution in [3.63, 3.8) is 0 Å². The lowest BCUT2D eigenvalue weighted by molar-refractivity contribution is 0.0471. The van der Waals surface area contributed by atoms with E-state index < -0.39 is 6.10 Å². The van der Waals surface area contributed by atoms with Gasteiger partial charge in [-0.2, -0.15) is 0 Å². The lowest BCUT2D eigenvalue weighted by Crippen LogP contribution is -2.42. The maximum Gasteiger partial charge on any atom is 0.257 e. The van der Waals surface area contributed by atoms with Crippen molar-refractivity contribution < 1.29 is 15.0 Å². The van der Waals surface area contributed by atoms with Gasteiger partial charge in [0.15, 0.2) is 0 Å². The zero-order valence-corrected chi connectivity index (χ0v) is 11.4. The van der Waals surface area contributed by atoms with E-state index in [0.29, 0.717) is 18.7 Å². The van der Waals surface area contributed by atoms with Crippen molar-refractivity contribution >= 4 is 28.5 Å². The normalized spacial score (nSPS) is 20.4. The fourth-order valence-corrected chi connectivity index (χ4v) is 2.48. The number of carbonyl (C=O) groups excluding carboxylic acids is 1. The predicted octanol–water partition coefficient (Wildman–Crippen LogP) is 1.59. The van der Waals surface area contributed by atoms with Crippen molar-refractivity contribution in [2.75, 3.05) is 13.1 Å². The van der Waals surface area contributed by atoms with Gasteiger partial charge in [-0.3, -0.25) is 4.79 Å². The third kappa shape index (κ3) is 2.90. The summed E-state index contributed by atoms with van der Waals surface area (Å²) in [6, 6.07) is 4.94. The Hall–Kier alpha value is -0.820. The Labute approximate surface area is 113 Å². The molecule has 17 heavy (non-hydrogen) atoms. The Morgan fingerprint density at radius 2 is 2.24 bits per heavy atom. The molecule has 1 aliphatic heterocycles. The van der Waals surface area contributed by atoms with Crippen molar-refractivity contribution in [1.29, 1.82) is 0 Å². The molecule has 0 radical (unpaired) electrons. The first-order valence-electron chi connectivity index (χ1n) is 5.54. The number of nitrogens with zero attached hydrogens (tertiary/aromatic N) is 1. The minimum Gasteiger partial charge on any atom is -0.507 e. The number of phenols is 1. The first-order valence-corrected chi connectivity index (χ1v) is 6.61. The van der Waals surface area contributed by atoms with Crippen LogP contribution in [0.1, 0.15) is 23.2 Å². The van der Waals surface area contributed by atoms with Crippen molar-refractivity contribution in [2.45, 2.75) is 18.9 Å². The second kappa shape index (κ2) is 5.22. The zero-order chi connectivity index (χ0) is 12.4. The molecular formula is C12H14INO3. The number of likely N-dealkylation sites (tertiary alicyclic amines) is 1. The fourth-order valence-electron chi connectivity index (χ4n) is 1.99. The highest BCUT2D eigenvalue weighted by Crippen LogP contribution is 2.23. The summed E-state index contributed by atoms with van der Waals surface area (Å²) < 4.78 is 0.904. The van der Waals surface area contributed by atoms with Gasteiger partial charge in [-0.1, -0.05) is 0 Å². The van der Waals surface area contributed by atoms with E-state index in [4.69, 9.17) is 0 Å². The van der Waals surface area contributed by atoms with Crippen LogP contribution in [0.15, 0.2) is 18.2 Å². The van der Waals surface area contributed by atoms with Crippen LogP contribution in [-0.2, 0) is 0 Å². The third-order valence-corrected chi connectivity index (χ3v) is 3.54. The maximum atomic E-state index is 12.2. The molecule has 0 bridgehead atoms. The Bertz CT molecular complexity index is 436. The molecule has 0 saturated carbocycles. The second-order valence-corrected chi connectivity index (χ2v) is 5.45. The molecule has 1 amide bonds. The number of β-amino-alcohol motifs (C(OH)–C–C–N with tert-alkyl or cyclic N) is 1. The summed E-state index contributed by atoms with van der Waals surface area (Å²) in [5.74, 6) is -0.213. The van der Waals surface area contributed by atoms with Crippen molar-refractivity contribution in [1.82, 2.24) is 4.90 Å². The van der Waals surface area contributed by atoms with Crippen LogP contribution in [0.25, 0.3) is 0 Å². The molecule has 4 nitrogen and oxygen atoms in total. The molecule has 0 spiro atoms. The fraction of sp³-hybridized carbons (Fsp3) is 0.417. The number of halogens is 1. The first-order chi connectivity index (χ1) is 8.08. The van der Waals surface area contributed by atoms with Crippen LogP contribution in [0.2, 0.25) is 0 Å². The molecule has 1 saturated heterocycles. The van der Waals surface area contributed by atoms with E-state index in [2.05, 4.69) is 22.6 Å². The van der Waals surface area contributed by atoms with Gasteiger partial charge in [0.1, 0.15) is 5.75 Å². The van der Waals surface area contributed by atoms with Crippen LogP contribution in [0.5, 0.6) is 5.75 Å². The lowest BCUT2D eigenvalue weighted by Gasteiger charge is -2.30. The van der Waals surface area contributed by atoms with Gasteiger partial charge in [0.2, 0.25) is 0 Å². The molecule has 5 heteroatoms. The number of aliphatic hydroxyl groups is 1. The largest absolute Gasteiger partial charge is 0.507 e. The van der Waals surface area contributed by atoms with Crippen LogP contribution in [0.4, 0.5) is 0 Å². The number of aliphatic hydroxyl groups excluding tert-OH is 1. The zero-order valence-electron chi connectivity index (χ0n) is 9.27. The Morgan fingerprint density at radius 1 is 1.47 bits per heavy atom. The number of piperidine rings is 1. The lowest BCUT2D eigenvalue weighted by atomic mass is 10.1. The van der Waals surface area contributed by atoms with Gasteiger partial charge in [0, 0.05) is 16.7 Å². The number of hydrogen-bond acceptors (Lipinski definition) is 3. The molecule has 1 aliphatic rings. The molecule has 2 rings (SSSR count). The van der Waals surface area contributed by atoms with Gasteiger partial charge in [-0.15, -0.1) is 0 Å². The average Bonchev–Trinajstić information content (AvgIpc) is 2.31. The highest BCUT2D eigenvalue weighted by atomic mass is 127. The molecule has 0 aliphatic carbocycles. The van der Waals surface area contributed by atoms with E-state index in [-0.39, 0.29) is 11.7 Å². The van der Waals surface area contributed by atoms with Crippen LogP contribution in [0.3, 0.4) is 0 Å². The maximum absolute atomic E-state index is 12.2. The van der Waals surface area contributed by atoms with E-state index >= 15 is 0 Å². The van der Waals surface area contributed by atoms with E-state index in [1.54, 1.807) is 17.0 Å². The van der Waals surface area contributed by atoms with Gasteiger partial charge < -0.3 is 15.1 Å². The SMILES string of the molecule is O=C(c1cc(I)ccc1O)N1CCC[C@H](O)C1. The highest BCUT2D eigenvalue weighted by molar-refractivity contribution is 14.1. The van der Waals surface area contributed by atoms with Crippen LogP contribution < -0.4 is 0 Å². The Balaban J connectivity index is 2.21. The smallest absolute Gasteiger partial charge is 0.257 e. The number of hydrogen-bond donors (Lipinski definition) is 2. The number of benzene rings is 1. The Kier molecular flexibility index (Phi) is 3.88. The first kappa shape index (κ1) is 12.6. The summed E-state index contributed by atoms with van der Waals surface area (Å²) in [7, 11) is 0. The summed E-state index contributed by atoms with van der Waals surface area (Å²) in [6.45, 7) is 0.991. The van der Waals surface area contributed by atoms with Crippen LogP contribution in [-0.4, -0.2) is 40.2 Å². The number of aromatic hydroxyl groups is 1. The standard InChI is InChI=1S/C12H14INO3/c13-8-3-4-11(16)10(6-8)12(17)14-5-1-2-9(15)7-14/h3-4,6,9,15-16H,1-2,5,7H2/t9-/m0/s1. The van der Waals surface area contributed by atoms with Gasteiger partial charge >= 0.3 is 0 Å². The van der Waals surface area contributed by atoms with E-state index in [9.17, 15) is 15.0 Å². The van der Waals surface area contributed by atoms with Crippen molar-refractivity contribution in [3.05, 3.63) is 27.3 Å². The summed E-state index contributed by atoms with van der Waals surface area (Å²) in [5.41, 5.74) is 0.311.